The first kappa shape index (κ1) is 8.04. The maximum Gasteiger partial charge on any atom is 0.221 e. The molecule has 0 saturated carbocycles. The summed E-state index contributed by atoms with van der Waals surface area (Å²) in [5, 5.41) is 0.156. The molecule has 1 aromatic rings. The van der Waals surface area contributed by atoms with Gasteiger partial charge in [0.2, 0.25) is 5.43 Å². The van der Waals surface area contributed by atoms with Crippen LogP contribution in [0.15, 0.2) is 29.1 Å². The molecule has 0 saturated heterocycles. The molecule has 0 bridgehead atoms. The van der Waals surface area contributed by atoms with Gasteiger partial charge in [-0.3, -0.25) is 10.6 Å². The van der Waals surface area contributed by atoms with Gasteiger partial charge in [0.1, 0.15) is 0 Å². The maximum absolute atomic E-state index is 11.1. The third-order valence-corrected chi connectivity index (χ3v) is 1.53. The lowest BCUT2D eigenvalue weighted by atomic mass is 10.4. The molecule has 1 rings (SSSR count). The molecular weight excluding hydrogens is 164 g/mol. The number of nitrogens with one attached hydrogen (secondary N) is 1. The molecule has 58 valence electrons. The van der Waals surface area contributed by atoms with Gasteiger partial charge in [0.05, 0.1) is 10.7 Å². The lowest BCUT2D eigenvalue weighted by Gasteiger charge is -1.91. The minimum Gasteiger partial charge on any atom is -0.321 e. The SMILES string of the molecule is NNc1ccccc(Cl)c1=O. The van der Waals surface area contributed by atoms with Crippen LogP contribution in [0.3, 0.4) is 0 Å². The molecule has 0 heterocycles. The molecule has 0 aliphatic carbocycles. The van der Waals surface area contributed by atoms with Crippen molar-refractivity contribution in [2.24, 2.45) is 5.84 Å². The van der Waals surface area contributed by atoms with Crippen molar-refractivity contribution in [2.45, 2.75) is 0 Å². The zero-order valence-corrected chi connectivity index (χ0v) is 6.43. The summed E-state index contributed by atoms with van der Waals surface area (Å²) in [6, 6.07) is 6.44. The van der Waals surface area contributed by atoms with Crippen LogP contribution >= 0.6 is 11.6 Å². The minimum atomic E-state index is -0.292. The van der Waals surface area contributed by atoms with Crippen molar-refractivity contribution in [3.05, 3.63) is 39.5 Å². The lowest BCUT2D eigenvalue weighted by Crippen LogP contribution is -2.14. The Hall–Kier alpha value is -1.06. The van der Waals surface area contributed by atoms with Crippen LogP contribution in [0, 0.1) is 0 Å². The Morgan fingerprint density at radius 3 is 2.64 bits per heavy atom. The number of hydrazine groups is 1. The molecule has 3 N–H and O–H groups in total. The van der Waals surface area contributed by atoms with Gasteiger partial charge in [0.25, 0.3) is 0 Å². The van der Waals surface area contributed by atoms with E-state index in [4.69, 9.17) is 17.4 Å². The van der Waals surface area contributed by atoms with Crippen LogP contribution in [0.5, 0.6) is 0 Å². The number of rotatable bonds is 1. The number of nitrogens with two attached hydrogens (primary N) is 1. The fourth-order valence-corrected chi connectivity index (χ4v) is 0.860. The second-order valence-electron chi connectivity index (χ2n) is 1.95. The maximum atomic E-state index is 11.1. The van der Waals surface area contributed by atoms with E-state index in [0.717, 1.165) is 0 Å². The van der Waals surface area contributed by atoms with E-state index in [1.165, 1.54) is 6.07 Å². The Kier molecular flexibility index (Phi) is 2.46. The third kappa shape index (κ3) is 1.69. The Morgan fingerprint density at radius 1 is 1.36 bits per heavy atom. The molecule has 11 heavy (non-hydrogen) atoms. The second-order valence-corrected chi connectivity index (χ2v) is 2.36. The molecule has 0 aliphatic heterocycles. The number of halogens is 1. The van der Waals surface area contributed by atoms with Crippen molar-refractivity contribution < 1.29 is 0 Å². The number of anilines is 1. The highest BCUT2D eigenvalue weighted by atomic mass is 35.5. The van der Waals surface area contributed by atoms with Crippen molar-refractivity contribution in [2.75, 3.05) is 5.43 Å². The van der Waals surface area contributed by atoms with E-state index in [-0.39, 0.29) is 10.5 Å². The Morgan fingerprint density at radius 2 is 2.00 bits per heavy atom. The number of hydrogen-bond acceptors (Lipinski definition) is 3. The zero-order chi connectivity index (χ0) is 8.27. The largest absolute Gasteiger partial charge is 0.321 e. The van der Waals surface area contributed by atoms with Crippen LogP contribution in [0.1, 0.15) is 0 Å². The van der Waals surface area contributed by atoms with Gasteiger partial charge in [-0.25, -0.2) is 0 Å². The Balaban J connectivity index is 3.42. The molecule has 0 fully saturated rings. The quantitative estimate of drug-likeness (QED) is 0.488. The van der Waals surface area contributed by atoms with Crippen LogP contribution in [0.2, 0.25) is 5.02 Å². The van der Waals surface area contributed by atoms with Crippen LogP contribution in [0.4, 0.5) is 5.69 Å². The molecule has 1 aromatic carbocycles. The van der Waals surface area contributed by atoms with Gasteiger partial charge in [0, 0.05) is 0 Å². The molecule has 3 nitrogen and oxygen atoms in total. The van der Waals surface area contributed by atoms with E-state index in [9.17, 15) is 4.79 Å². The lowest BCUT2D eigenvalue weighted by molar-refractivity contribution is 1.34. The third-order valence-electron chi connectivity index (χ3n) is 1.23. The normalized spacial score (nSPS) is 9.27. The fourth-order valence-electron chi connectivity index (χ4n) is 0.686. The molecule has 0 amide bonds. The van der Waals surface area contributed by atoms with E-state index >= 15 is 0 Å². The van der Waals surface area contributed by atoms with Gasteiger partial charge >= 0.3 is 0 Å². The van der Waals surface area contributed by atoms with Crippen molar-refractivity contribution in [1.82, 2.24) is 0 Å². The highest BCUT2D eigenvalue weighted by molar-refractivity contribution is 6.30. The van der Waals surface area contributed by atoms with Crippen LogP contribution in [-0.2, 0) is 0 Å². The molecule has 0 aliphatic rings. The van der Waals surface area contributed by atoms with Crippen LogP contribution in [0.25, 0.3) is 0 Å². The van der Waals surface area contributed by atoms with Gasteiger partial charge in [-0.2, -0.15) is 0 Å². The zero-order valence-electron chi connectivity index (χ0n) is 5.67. The van der Waals surface area contributed by atoms with Gasteiger partial charge in [-0.05, 0) is 12.1 Å². The summed E-state index contributed by atoms with van der Waals surface area (Å²) in [5.74, 6) is 5.07. The van der Waals surface area contributed by atoms with Crippen LogP contribution in [-0.4, -0.2) is 0 Å². The molecule has 0 aromatic heterocycles. The van der Waals surface area contributed by atoms with Crippen molar-refractivity contribution >= 4 is 17.3 Å². The Bertz CT molecular complexity index is 314. The van der Waals surface area contributed by atoms with E-state index < -0.39 is 0 Å². The van der Waals surface area contributed by atoms with Crippen molar-refractivity contribution in [3.8, 4) is 0 Å². The standard InChI is InChI=1S/C7H7ClN2O/c8-5-3-1-2-4-6(10-9)7(5)11/h1-4H,9H2,(H,10,11). The molecule has 0 spiro atoms. The number of hydrogen-bond donors (Lipinski definition) is 2. The predicted octanol–water partition coefficient (Wildman–Crippen LogP) is 0.986. The summed E-state index contributed by atoms with van der Waals surface area (Å²) < 4.78 is 0. The van der Waals surface area contributed by atoms with Gasteiger partial charge in [-0.1, -0.05) is 23.7 Å². The topological polar surface area (TPSA) is 55.1 Å². The highest BCUT2D eigenvalue weighted by Gasteiger charge is 1.96. The molecule has 0 atom stereocenters. The minimum absolute atomic E-state index is 0.156. The predicted molar refractivity (Wildman–Crippen MR) is 45.5 cm³/mol. The first-order chi connectivity index (χ1) is 5.25. The average Bonchev–Trinajstić information content (AvgIpc) is 2.16. The first-order valence-corrected chi connectivity index (χ1v) is 3.39. The van der Waals surface area contributed by atoms with Crippen molar-refractivity contribution in [1.29, 1.82) is 0 Å². The summed E-state index contributed by atoms with van der Waals surface area (Å²) in [6.45, 7) is 0. The summed E-state index contributed by atoms with van der Waals surface area (Å²) in [6.07, 6.45) is 0. The summed E-state index contributed by atoms with van der Waals surface area (Å²) in [4.78, 5) is 11.1. The van der Waals surface area contributed by atoms with Gasteiger partial charge < -0.3 is 5.43 Å². The van der Waals surface area contributed by atoms with E-state index in [1.54, 1.807) is 18.2 Å². The molecule has 0 radical (unpaired) electrons. The van der Waals surface area contributed by atoms with E-state index in [0.29, 0.717) is 5.69 Å². The average molecular weight is 171 g/mol. The summed E-state index contributed by atoms with van der Waals surface area (Å²) >= 11 is 5.57. The van der Waals surface area contributed by atoms with E-state index in [1.807, 2.05) is 0 Å². The van der Waals surface area contributed by atoms with Crippen molar-refractivity contribution in [3.63, 3.8) is 0 Å². The molecule has 0 unspecified atom stereocenters. The number of nitrogen functional groups attached to an aromatic ring is 1. The Labute approximate surface area is 68.8 Å². The van der Waals surface area contributed by atoms with E-state index in [2.05, 4.69) is 5.43 Å². The fraction of sp³-hybridized carbons (Fsp3) is 0. The molecule has 4 heteroatoms. The first-order valence-electron chi connectivity index (χ1n) is 3.01. The molecular formula is C7H7ClN2O. The van der Waals surface area contributed by atoms with Crippen LogP contribution < -0.4 is 16.7 Å². The smallest absolute Gasteiger partial charge is 0.221 e. The highest BCUT2D eigenvalue weighted by Crippen LogP contribution is 2.03. The second kappa shape index (κ2) is 3.37. The summed E-state index contributed by atoms with van der Waals surface area (Å²) in [7, 11) is 0. The van der Waals surface area contributed by atoms with Gasteiger partial charge in [0.15, 0.2) is 0 Å². The van der Waals surface area contributed by atoms with Gasteiger partial charge in [-0.15, -0.1) is 0 Å². The summed E-state index contributed by atoms with van der Waals surface area (Å²) in [5.41, 5.74) is 2.26. The monoisotopic (exact) mass is 170 g/mol.